The van der Waals surface area contributed by atoms with Crippen molar-refractivity contribution in [1.82, 2.24) is 4.98 Å². The van der Waals surface area contributed by atoms with Crippen molar-refractivity contribution in [3.8, 4) is 0 Å². The molecular formula is C7H10ClF3N2. The molecule has 0 saturated carbocycles. The van der Waals surface area contributed by atoms with Crippen LogP contribution in [0.15, 0.2) is 18.3 Å². The lowest BCUT2D eigenvalue weighted by molar-refractivity contribution is -0.138. The summed E-state index contributed by atoms with van der Waals surface area (Å²) in [4.78, 5) is 2.63. The van der Waals surface area contributed by atoms with Crippen molar-refractivity contribution in [2.45, 2.75) is 18.6 Å². The molecule has 76 valence electrons. The zero-order chi connectivity index (χ0) is 9.19. The molecule has 1 rings (SSSR count). The Labute approximate surface area is 79.7 Å². The van der Waals surface area contributed by atoms with E-state index in [9.17, 15) is 13.2 Å². The minimum atomic E-state index is -4.20. The Morgan fingerprint density at radius 2 is 2.08 bits per heavy atom. The van der Waals surface area contributed by atoms with E-state index in [0.717, 1.165) is 0 Å². The van der Waals surface area contributed by atoms with Crippen molar-refractivity contribution < 1.29 is 13.2 Å². The molecule has 0 aromatic carbocycles. The van der Waals surface area contributed by atoms with Crippen LogP contribution >= 0.6 is 12.4 Å². The van der Waals surface area contributed by atoms with Gasteiger partial charge in [0.15, 0.2) is 0 Å². The van der Waals surface area contributed by atoms with Gasteiger partial charge in [-0.05, 0) is 12.1 Å². The van der Waals surface area contributed by atoms with E-state index in [1.807, 2.05) is 0 Å². The molecule has 1 heterocycles. The van der Waals surface area contributed by atoms with Gasteiger partial charge in [0, 0.05) is 11.9 Å². The molecule has 13 heavy (non-hydrogen) atoms. The van der Waals surface area contributed by atoms with E-state index in [2.05, 4.69) is 4.98 Å². The number of H-pyrrole nitrogens is 1. The number of aromatic nitrogens is 1. The summed E-state index contributed by atoms with van der Waals surface area (Å²) in [5, 5.41) is 0. The molecule has 0 radical (unpaired) electrons. The summed E-state index contributed by atoms with van der Waals surface area (Å²) >= 11 is 0. The van der Waals surface area contributed by atoms with Gasteiger partial charge in [-0.3, -0.25) is 0 Å². The van der Waals surface area contributed by atoms with Crippen molar-refractivity contribution in [1.29, 1.82) is 0 Å². The van der Waals surface area contributed by atoms with E-state index in [4.69, 9.17) is 5.73 Å². The molecule has 0 aliphatic carbocycles. The normalized spacial score (nSPS) is 13.5. The minimum absolute atomic E-state index is 0. The van der Waals surface area contributed by atoms with Crippen LogP contribution in [-0.4, -0.2) is 11.2 Å². The molecule has 1 aromatic heterocycles. The van der Waals surface area contributed by atoms with Gasteiger partial charge in [0.25, 0.3) is 0 Å². The van der Waals surface area contributed by atoms with Crippen molar-refractivity contribution in [2.24, 2.45) is 5.73 Å². The van der Waals surface area contributed by atoms with Crippen LogP contribution in [0, 0.1) is 0 Å². The Morgan fingerprint density at radius 1 is 1.46 bits per heavy atom. The fourth-order valence-electron chi connectivity index (χ4n) is 0.934. The molecule has 0 saturated heterocycles. The Balaban J connectivity index is 0.00000144. The highest BCUT2D eigenvalue weighted by atomic mass is 35.5. The summed E-state index contributed by atoms with van der Waals surface area (Å²) in [7, 11) is 0. The molecule has 0 unspecified atom stereocenters. The molecule has 0 aliphatic rings. The van der Waals surface area contributed by atoms with Crippen LogP contribution in [-0.2, 0) is 0 Å². The van der Waals surface area contributed by atoms with Crippen LogP contribution in [0.25, 0.3) is 0 Å². The van der Waals surface area contributed by atoms with Gasteiger partial charge in [-0.2, -0.15) is 13.2 Å². The lowest BCUT2D eigenvalue weighted by Gasteiger charge is -2.12. The predicted molar refractivity (Wildman–Crippen MR) is 45.6 cm³/mol. The molecule has 1 aromatic rings. The predicted octanol–water partition coefficient (Wildman–Crippen LogP) is 2.39. The molecule has 0 spiro atoms. The van der Waals surface area contributed by atoms with Gasteiger partial charge in [0.2, 0.25) is 0 Å². The van der Waals surface area contributed by atoms with Gasteiger partial charge in [-0.15, -0.1) is 12.4 Å². The van der Waals surface area contributed by atoms with E-state index in [-0.39, 0.29) is 12.4 Å². The van der Waals surface area contributed by atoms with E-state index in [0.29, 0.717) is 5.69 Å². The summed E-state index contributed by atoms with van der Waals surface area (Å²) in [6.07, 6.45) is -3.65. The first-order chi connectivity index (χ1) is 5.49. The van der Waals surface area contributed by atoms with Gasteiger partial charge in [0.05, 0.1) is 12.5 Å². The SMILES string of the molecule is Cl.N[C@H](CC(F)(F)F)c1ccc[nH]1. The average molecular weight is 215 g/mol. The van der Waals surface area contributed by atoms with Crippen molar-refractivity contribution in [3.63, 3.8) is 0 Å². The number of rotatable bonds is 2. The maximum Gasteiger partial charge on any atom is 0.390 e. The van der Waals surface area contributed by atoms with Gasteiger partial charge in [0.1, 0.15) is 0 Å². The fourth-order valence-corrected chi connectivity index (χ4v) is 0.934. The molecule has 0 bridgehead atoms. The number of alkyl halides is 3. The molecule has 3 N–H and O–H groups in total. The lowest BCUT2D eigenvalue weighted by atomic mass is 10.1. The van der Waals surface area contributed by atoms with Crippen LogP contribution in [0.4, 0.5) is 13.2 Å². The highest BCUT2D eigenvalue weighted by Crippen LogP contribution is 2.26. The van der Waals surface area contributed by atoms with Crippen molar-refractivity contribution >= 4 is 12.4 Å². The first-order valence-corrected chi connectivity index (χ1v) is 3.44. The van der Waals surface area contributed by atoms with Crippen LogP contribution in [0.2, 0.25) is 0 Å². The number of hydrogen-bond donors (Lipinski definition) is 2. The number of aromatic amines is 1. The molecule has 2 nitrogen and oxygen atoms in total. The van der Waals surface area contributed by atoms with Gasteiger partial charge < -0.3 is 10.7 Å². The maximum absolute atomic E-state index is 11.8. The lowest BCUT2D eigenvalue weighted by Crippen LogP contribution is -2.20. The molecule has 0 aliphatic heterocycles. The van der Waals surface area contributed by atoms with Crippen LogP contribution in [0.5, 0.6) is 0 Å². The van der Waals surface area contributed by atoms with E-state index in [1.165, 1.54) is 6.07 Å². The first-order valence-electron chi connectivity index (χ1n) is 3.44. The van der Waals surface area contributed by atoms with E-state index in [1.54, 1.807) is 12.3 Å². The van der Waals surface area contributed by atoms with Crippen molar-refractivity contribution in [2.75, 3.05) is 0 Å². The molecule has 0 fully saturated rings. The second-order valence-corrected chi connectivity index (χ2v) is 2.55. The summed E-state index contributed by atoms with van der Waals surface area (Å²) in [6.45, 7) is 0. The molecule has 1 atom stereocenters. The molecule has 6 heteroatoms. The molecular weight excluding hydrogens is 205 g/mol. The second-order valence-electron chi connectivity index (χ2n) is 2.55. The third-order valence-electron chi connectivity index (χ3n) is 1.47. The number of nitrogens with two attached hydrogens (primary N) is 1. The molecule has 0 amide bonds. The third-order valence-corrected chi connectivity index (χ3v) is 1.47. The maximum atomic E-state index is 11.8. The van der Waals surface area contributed by atoms with Crippen molar-refractivity contribution in [3.05, 3.63) is 24.0 Å². The first kappa shape index (κ1) is 12.3. The highest BCUT2D eigenvalue weighted by molar-refractivity contribution is 5.85. The van der Waals surface area contributed by atoms with E-state index < -0.39 is 18.6 Å². The zero-order valence-electron chi connectivity index (χ0n) is 6.64. The van der Waals surface area contributed by atoms with Crippen LogP contribution in [0.3, 0.4) is 0 Å². The smallest absolute Gasteiger partial charge is 0.364 e. The van der Waals surface area contributed by atoms with Gasteiger partial charge in [-0.1, -0.05) is 0 Å². The van der Waals surface area contributed by atoms with Crippen LogP contribution < -0.4 is 5.73 Å². The number of halogens is 4. The Bertz CT molecular complexity index is 232. The standard InChI is InChI=1S/C7H9F3N2.ClH/c8-7(9,10)4-5(11)6-2-1-3-12-6;/h1-3,5,12H,4,11H2;1H/t5-;/m1./s1. The topological polar surface area (TPSA) is 41.8 Å². The Morgan fingerprint density at radius 3 is 2.46 bits per heavy atom. The summed E-state index contributed by atoms with van der Waals surface area (Å²) in [5.74, 6) is 0. The Kier molecular flexibility index (Phi) is 4.29. The third kappa shape index (κ3) is 4.19. The monoisotopic (exact) mass is 214 g/mol. The number of hydrogen-bond acceptors (Lipinski definition) is 1. The summed E-state index contributed by atoms with van der Waals surface area (Å²) < 4.78 is 35.4. The average Bonchev–Trinajstić information content (AvgIpc) is 2.32. The van der Waals surface area contributed by atoms with Gasteiger partial charge >= 0.3 is 6.18 Å². The highest BCUT2D eigenvalue weighted by Gasteiger charge is 2.31. The Hall–Kier alpha value is -0.680. The fraction of sp³-hybridized carbons (Fsp3) is 0.429. The second kappa shape index (κ2) is 4.53. The van der Waals surface area contributed by atoms with E-state index >= 15 is 0 Å². The minimum Gasteiger partial charge on any atom is -0.364 e. The largest absolute Gasteiger partial charge is 0.390 e. The summed E-state index contributed by atoms with van der Waals surface area (Å²) in [5.41, 5.74) is 5.68. The zero-order valence-corrected chi connectivity index (χ0v) is 7.45. The van der Waals surface area contributed by atoms with Gasteiger partial charge in [-0.25, -0.2) is 0 Å². The van der Waals surface area contributed by atoms with Crippen LogP contribution in [0.1, 0.15) is 18.2 Å². The number of nitrogens with one attached hydrogen (secondary N) is 1. The summed E-state index contributed by atoms with van der Waals surface area (Å²) in [6, 6.07) is 2.17. The quantitative estimate of drug-likeness (QED) is 0.780.